The van der Waals surface area contributed by atoms with Crippen molar-refractivity contribution >= 4 is 21.7 Å². The number of hydrogen-bond donors (Lipinski definition) is 1. The number of rotatable bonds is 2. The average Bonchev–Trinajstić information content (AvgIpc) is 2.54. The Balaban J connectivity index is 2.73. The summed E-state index contributed by atoms with van der Waals surface area (Å²) >= 11 is 1.22. The molecule has 5 nitrogen and oxygen atoms in total. The third kappa shape index (κ3) is 1.32. The number of nitrogens with zero attached hydrogens (tertiary/aromatic N) is 3. The molecule has 0 unspecified atom stereocenters. The predicted molar refractivity (Wildman–Crippen MR) is 53.5 cm³/mol. The highest BCUT2D eigenvalue weighted by Crippen LogP contribution is 2.14. The summed E-state index contributed by atoms with van der Waals surface area (Å²) in [5.41, 5.74) is 0.574. The van der Waals surface area contributed by atoms with E-state index in [1.807, 2.05) is 0 Å². The molecule has 1 N–H and O–H groups in total. The minimum atomic E-state index is -0.129. The molecule has 0 saturated carbocycles. The summed E-state index contributed by atoms with van der Waals surface area (Å²) in [4.78, 5) is 16.5. The lowest BCUT2D eigenvalue weighted by molar-refractivity contribution is 0.274. The maximum absolute atomic E-state index is 11.8. The van der Waals surface area contributed by atoms with Gasteiger partial charge in [-0.05, 0) is 18.5 Å². The van der Waals surface area contributed by atoms with E-state index in [0.717, 1.165) is 0 Å². The van der Waals surface area contributed by atoms with Gasteiger partial charge in [0.15, 0.2) is 4.83 Å². The average molecular weight is 211 g/mol. The first-order chi connectivity index (χ1) is 6.74. The molecular weight excluding hydrogens is 202 g/mol. The molecule has 2 aromatic rings. The molecule has 14 heavy (non-hydrogen) atoms. The molecule has 0 fully saturated rings. The lowest BCUT2D eigenvalue weighted by Gasteiger charge is -2.01. The van der Waals surface area contributed by atoms with E-state index in [4.69, 9.17) is 5.11 Å². The van der Waals surface area contributed by atoms with E-state index in [2.05, 4.69) is 9.36 Å². The number of fused-ring (bicyclic) bond motifs is 1. The summed E-state index contributed by atoms with van der Waals surface area (Å²) in [7, 11) is 0. The number of hydrogen-bond acceptors (Lipinski definition) is 5. The van der Waals surface area contributed by atoms with Crippen LogP contribution in [0.2, 0.25) is 0 Å². The first-order valence-electron chi connectivity index (χ1n) is 4.16. The van der Waals surface area contributed by atoms with Crippen molar-refractivity contribution in [1.29, 1.82) is 0 Å². The fraction of sp³-hybridized carbons (Fsp3) is 0.375. The van der Waals surface area contributed by atoms with Crippen LogP contribution in [-0.4, -0.2) is 25.6 Å². The van der Waals surface area contributed by atoms with Crippen LogP contribution < -0.4 is 5.56 Å². The van der Waals surface area contributed by atoms with E-state index in [-0.39, 0.29) is 18.7 Å². The van der Waals surface area contributed by atoms with Gasteiger partial charge in [0, 0.05) is 0 Å². The van der Waals surface area contributed by atoms with Crippen LogP contribution in [-0.2, 0) is 6.54 Å². The Morgan fingerprint density at radius 2 is 2.43 bits per heavy atom. The molecule has 6 heteroatoms. The quantitative estimate of drug-likeness (QED) is 0.768. The second-order valence-electron chi connectivity index (χ2n) is 2.91. The van der Waals surface area contributed by atoms with Gasteiger partial charge in [0.25, 0.3) is 5.56 Å². The van der Waals surface area contributed by atoms with Crippen LogP contribution >= 0.6 is 11.5 Å². The van der Waals surface area contributed by atoms with E-state index >= 15 is 0 Å². The standard InChI is InChI=1S/C8H9N3O2S/c1-5-6-7(14-10-5)9-4-11(2-3-12)8(6)13/h4,12H,2-3H2,1H3. The van der Waals surface area contributed by atoms with E-state index in [0.29, 0.717) is 15.9 Å². The first kappa shape index (κ1) is 9.29. The lowest BCUT2D eigenvalue weighted by Crippen LogP contribution is -2.21. The fourth-order valence-electron chi connectivity index (χ4n) is 1.28. The SMILES string of the molecule is Cc1nsc2ncn(CCO)c(=O)c12. The molecule has 2 heterocycles. The Morgan fingerprint density at radius 1 is 1.64 bits per heavy atom. The molecule has 0 atom stereocenters. The fourth-order valence-corrected chi connectivity index (χ4v) is 2.01. The van der Waals surface area contributed by atoms with Crippen molar-refractivity contribution in [3.63, 3.8) is 0 Å². The molecule has 74 valence electrons. The summed E-state index contributed by atoms with van der Waals surface area (Å²) < 4.78 is 5.45. The van der Waals surface area contributed by atoms with Crippen molar-refractivity contribution in [2.24, 2.45) is 0 Å². The molecule has 0 aliphatic rings. The highest BCUT2D eigenvalue weighted by molar-refractivity contribution is 7.12. The summed E-state index contributed by atoms with van der Waals surface area (Å²) in [5, 5.41) is 9.30. The molecule has 0 aliphatic heterocycles. The molecule has 0 radical (unpaired) electrons. The first-order valence-corrected chi connectivity index (χ1v) is 4.93. The Hall–Kier alpha value is -1.27. The molecule has 2 rings (SSSR count). The van der Waals surface area contributed by atoms with Crippen molar-refractivity contribution in [2.45, 2.75) is 13.5 Å². The molecule has 0 bridgehead atoms. The molecule has 0 aromatic carbocycles. The zero-order chi connectivity index (χ0) is 10.1. The maximum atomic E-state index is 11.8. The van der Waals surface area contributed by atoms with Gasteiger partial charge in [-0.25, -0.2) is 4.98 Å². The van der Waals surface area contributed by atoms with Crippen LogP contribution in [0, 0.1) is 6.92 Å². The molecule has 0 saturated heterocycles. The smallest absolute Gasteiger partial charge is 0.264 e. The van der Waals surface area contributed by atoms with Crippen LogP contribution in [0.3, 0.4) is 0 Å². The molecular formula is C8H9N3O2S. The Kier molecular flexibility index (Phi) is 2.30. The Labute approximate surface area is 83.8 Å². The van der Waals surface area contributed by atoms with Gasteiger partial charge in [-0.1, -0.05) is 0 Å². The van der Waals surface area contributed by atoms with Gasteiger partial charge in [-0.2, -0.15) is 4.37 Å². The number of aryl methyl sites for hydroxylation is 1. The van der Waals surface area contributed by atoms with Crippen LogP contribution in [0.4, 0.5) is 0 Å². The summed E-state index contributed by atoms with van der Waals surface area (Å²) in [6.45, 7) is 1.99. The molecule has 0 amide bonds. The topological polar surface area (TPSA) is 68.0 Å². The summed E-state index contributed by atoms with van der Waals surface area (Å²) in [6.07, 6.45) is 1.44. The zero-order valence-corrected chi connectivity index (χ0v) is 8.41. The largest absolute Gasteiger partial charge is 0.395 e. The summed E-state index contributed by atoms with van der Waals surface area (Å²) in [5.74, 6) is 0. The predicted octanol–water partition coefficient (Wildman–Crippen LogP) is 0.154. The lowest BCUT2D eigenvalue weighted by atomic mass is 10.3. The zero-order valence-electron chi connectivity index (χ0n) is 7.60. The Morgan fingerprint density at radius 3 is 3.14 bits per heavy atom. The van der Waals surface area contributed by atoms with E-state index in [1.54, 1.807) is 6.92 Å². The van der Waals surface area contributed by atoms with Gasteiger partial charge in [0.1, 0.15) is 0 Å². The summed E-state index contributed by atoms with van der Waals surface area (Å²) in [6, 6.07) is 0. The normalized spacial score (nSPS) is 11.0. The molecule has 0 spiro atoms. The van der Waals surface area contributed by atoms with Crippen molar-refractivity contribution in [3.05, 3.63) is 22.4 Å². The van der Waals surface area contributed by atoms with E-state index in [9.17, 15) is 4.79 Å². The van der Waals surface area contributed by atoms with Gasteiger partial charge in [0.2, 0.25) is 0 Å². The third-order valence-corrected chi connectivity index (χ3v) is 2.82. The second kappa shape index (κ2) is 3.47. The van der Waals surface area contributed by atoms with Gasteiger partial charge >= 0.3 is 0 Å². The van der Waals surface area contributed by atoms with Gasteiger partial charge in [-0.3, -0.25) is 9.36 Å². The monoisotopic (exact) mass is 211 g/mol. The Bertz CT molecular complexity index is 517. The maximum Gasteiger partial charge on any atom is 0.264 e. The minimum Gasteiger partial charge on any atom is -0.395 e. The number of aliphatic hydroxyl groups is 1. The van der Waals surface area contributed by atoms with Gasteiger partial charge in [0.05, 0.1) is 30.6 Å². The highest BCUT2D eigenvalue weighted by atomic mass is 32.1. The number of aromatic nitrogens is 3. The van der Waals surface area contributed by atoms with Crippen LogP contribution in [0.5, 0.6) is 0 Å². The van der Waals surface area contributed by atoms with E-state index in [1.165, 1.54) is 22.4 Å². The van der Waals surface area contributed by atoms with Gasteiger partial charge < -0.3 is 5.11 Å². The molecule has 2 aromatic heterocycles. The second-order valence-corrected chi connectivity index (χ2v) is 3.67. The third-order valence-electron chi connectivity index (χ3n) is 1.97. The van der Waals surface area contributed by atoms with Crippen LogP contribution in [0.25, 0.3) is 10.2 Å². The molecule has 0 aliphatic carbocycles. The van der Waals surface area contributed by atoms with E-state index < -0.39 is 0 Å². The van der Waals surface area contributed by atoms with Crippen molar-refractivity contribution in [3.8, 4) is 0 Å². The van der Waals surface area contributed by atoms with Crippen LogP contribution in [0.1, 0.15) is 5.69 Å². The van der Waals surface area contributed by atoms with Gasteiger partial charge in [-0.15, -0.1) is 0 Å². The van der Waals surface area contributed by atoms with Crippen molar-refractivity contribution in [1.82, 2.24) is 13.9 Å². The van der Waals surface area contributed by atoms with Crippen LogP contribution in [0.15, 0.2) is 11.1 Å². The van der Waals surface area contributed by atoms with Crippen molar-refractivity contribution in [2.75, 3.05) is 6.61 Å². The minimum absolute atomic E-state index is 0.0658. The number of aliphatic hydroxyl groups excluding tert-OH is 1. The highest BCUT2D eigenvalue weighted by Gasteiger charge is 2.09. The van der Waals surface area contributed by atoms with Crippen molar-refractivity contribution < 1.29 is 5.11 Å².